The van der Waals surface area contributed by atoms with Crippen molar-refractivity contribution in [1.29, 1.82) is 0 Å². The number of hydrogen-bond acceptors (Lipinski definition) is 1. The maximum Gasteiger partial charge on any atom is 0.0361 e. The first-order valence-electron chi connectivity index (χ1n) is 15.5. The van der Waals surface area contributed by atoms with Gasteiger partial charge < -0.3 is 0 Å². The van der Waals surface area contributed by atoms with Crippen molar-refractivity contribution in [2.75, 3.05) is 0 Å². The summed E-state index contributed by atoms with van der Waals surface area (Å²) < 4.78 is 2.66. The third kappa shape index (κ3) is 3.78. The van der Waals surface area contributed by atoms with Gasteiger partial charge in [0.1, 0.15) is 0 Å². The third-order valence-electron chi connectivity index (χ3n) is 9.63. The van der Waals surface area contributed by atoms with Crippen LogP contribution in [0.1, 0.15) is 0 Å². The summed E-state index contributed by atoms with van der Waals surface area (Å²) in [4.78, 5) is 0. The molecule has 0 fully saturated rings. The van der Waals surface area contributed by atoms with Gasteiger partial charge >= 0.3 is 0 Å². The van der Waals surface area contributed by atoms with Gasteiger partial charge in [0.05, 0.1) is 0 Å². The lowest BCUT2D eigenvalue weighted by Crippen LogP contribution is -1.87. The molecule has 9 aromatic carbocycles. The largest absolute Gasteiger partial charge is 0.135 e. The Labute approximate surface area is 264 Å². The van der Waals surface area contributed by atoms with Crippen LogP contribution in [-0.4, -0.2) is 0 Å². The molecule has 0 saturated carbocycles. The van der Waals surface area contributed by atoms with Gasteiger partial charge in [-0.05, 0) is 88.6 Å². The van der Waals surface area contributed by atoms with Crippen LogP contribution in [0, 0.1) is 0 Å². The minimum absolute atomic E-state index is 1.24. The van der Waals surface area contributed by atoms with Crippen LogP contribution in [0.15, 0.2) is 158 Å². The van der Waals surface area contributed by atoms with E-state index in [1.54, 1.807) is 0 Å². The van der Waals surface area contributed by atoms with E-state index in [2.05, 4.69) is 158 Å². The molecule has 0 atom stereocenters. The van der Waals surface area contributed by atoms with Gasteiger partial charge in [0.2, 0.25) is 0 Å². The lowest BCUT2D eigenvalue weighted by Gasteiger charge is -2.14. The van der Waals surface area contributed by atoms with Gasteiger partial charge in [-0.3, -0.25) is 0 Å². The van der Waals surface area contributed by atoms with Crippen LogP contribution in [0.3, 0.4) is 0 Å². The van der Waals surface area contributed by atoms with Crippen molar-refractivity contribution >= 4 is 74.6 Å². The summed E-state index contributed by atoms with van der Waals surface area (Å²) in [6.07, 6.45) is 0. The van der Waals surface area contributed by atoms with E-state index in [1.807, 2.05) is 11.3 Å². The van der Waals surface area contributed by atoms with Crippen LogP contribution in [0.25, 0.3) is 96.6 Å². The van der Waals surface area contributed by atoms with E-state index in [4.69, 9.17) is 0 Å². The minimum atomic E-state index is 1.24. The van der Waals surface area contributed by atoms with E-state index in [9.17, 15) is 0 Å². The van der Waals surface area contributed by atoms with Gasteiger partial charge in [-0.15, -0.1) is 11.3 Å². The van der Waals surface area contributed by atoms with Crippen molar-refractivity contribution in [3.05, 3.63) is 158 Å². The van der Waals surface area contributed by atoms with Crippen LogP contribution in [0.4, 0.5) is 0 Å². The Kier molecular flexibility index (Phi) is 5.25. The molecule has 0 unspecified atom stereocenters. The highest BCUT2D eigenvalue weighted by atomic mass is 32.1. The zero-order chi connectivity index (χ0) is 29.5. The highest BCUT2D eigenvalue weighted by molar-refractivity contribution is 7.25. The van der Waals surface area contributed by atoms with Crippen molar-refractivity contribution in [2.24, 2.45) is 0 Å². The average molecular weight is 587 g/mol. The predicted octanol–water partition coefficient (Wildman–Crippen LogP) is 13.1. The smallest absolute Gasteiger partial charge is 0.0361 e. The second-order valence-electron chi connectivity index (χ2n) is 12.1. The fourth-order valence-electron chi connectivity index (χ4n) is 7.43. The summed E-state index contributed by atoms with van der Waals surface area (Å²) >= 11 is 1.89. The van der Waals surface area contributed by atoms with Crippen LogP contribution in [0.5, 0.6) is 0 Å². The second kappa shape index (κ2) is 9.50. The monoisotopic (exact) mass is 586 g/mol. The van der Waals surface area contributed by atoms with Crippen LogP contribution < -0.4 is 0 Å². The molecule has 10 rings (SSSR count). The average Bonchev–Trinajstić information content (AvgIpc) is 3.47. The lowest BCUT2D eigenvalue weighted by molar-refractivity contribution is 1.63. The highest BCUT2D eigenvalue weighted by Crippen LogP contribution is 2.41. The Hall–Kier alpha value is -5.50. The molecule has 0 aliphatic heterocycles. The van der Waals surface area contributed by atoms with Crippen LogP contribution in [0.2, 0.25) is 0 Å². The molecule has 10 aromatic rings. The van der Waals surface area contributed by atoms with Gasteiger partial charge in [0.25, 0.3) is 0 Å². The number of benzene rings is 9. The molecule has 0 nitrogen and oxygen atoms in total. The molecule has 45 heavy (non-hydrogen) atoms. The van der Waals surface area contributed by atoms with E-state index < -0.39 is 0 Å². The number of rotatable bonds is 3. The Morgan fingerprint density at radius 2 is 0.822 bits per heavy atom. The Morgan fingerprint density at radius 3 is 1.64 bits per heavy atom. The summed E-state index contributed by atoms with van der Waals surface area (Å²) in [5.41, 5.74) is 7.60. The molecule has 1 aromatic heterocycles. The van der Waals surface area contributed by atoms with E-state index in [-0.39, 0.29) is 0 Å². The maximum atomic E-state index is 2.37. The quantitative estimate of drug-likeness (QED) is 0.181. The van der Waals surface area contributed by atoms with Gasteiger partial charge in [-0.1, -0.05) is 146 Å². The van der Waals surface area contributed by atoms with Crippen molar-refractivity contribution in [3.8, 4) is 33.4 Å². The van der Waals surface area contributed by atoms with Gasteiger partial charge in [0.15, 0.2) is 0 Å². The molecule has 0 N–H and O–H groups in total. The fourth-order valence-corrected chi connectivity index (χ4v) is 8.62. The van der Waals surface area contributed by atoms with Gasteiger partial charge in [-0.25, -0.2) is 0 Å². The molecule has 0 spiro atoms. The Bertz CT molecular complexity index is 2720. The summed E-state index contributed by atoms with van der Waals surface area (Å²) in [5.74, 6) is 0. The molecule has 208 valence electrons. The molecule has 1 heterocycles. The van der Waals surface area contributed by atoms with Crippen molar-refractivity contribution in [2.45, 2.75) is 0 Å². The molecular weight excluding hydrogens is 561 g/mol. The SMILES string of the molecule is c1ccc2c(-c3ccc4c(c3)sc3cc(-c5ccc(-c6ccc7ccc8cccc9ccc6c7c89)cc5)ccc34)cccc2c1. The minimum Gasteiger partial charge on any atom is -0.135 e. The second-order valence-corrected chi connectivity index (χ2v) is 13.2. The Balaban J connectivity index is 1.04. The normalized spacial score (nSPS) is 12.0. The van der Waals surface area contributed by atoms with E-state index >= 15 is 0 Å². The Morgan fingerprint density at radius 1 is 0.289 bits per heavy atom. The lowest BCUT2D eigenvalue weighted by atomic mass is 9.89. The molecule has 0 aliphatic carbocycles. The molecule has 0 aliphatic rings. The number of thiophene rings is 1. The molecule has 0 saturated heterocycles. The van der Waals surface area contributed by atoms with Gasteiger partial charge in [-0.2, -0.15) is 0 Å². The standard InChI is InChI=1S/C44H26S/c1-2-9-35-28(5-1)6-4-10-36(35)34-20-23-39-38-22-19-33(25-41(38)45-42(39)26-34)27-11-13-29(14-12-27)37-21-17-32-16-15-30-7-3-8-31-18-24-40(37)44(32)43(30)31/h1-26H. The van der Waals surface area contributed by atoms with Crippen molar-refractivity contribution < 1.29 is 0 Å². The maximum absolute atomic E-state index is 2.37. The zero-order valence-electron chi connectivity index (χ0n) is 24.4. The fraction of sp³-hybridized carbons (Fsp3) is 0. The summed E-state index contributed by atoms with van der Waals surface area (Å²) in [5, 5.41) is 13.2. The molecule has 0 bridgehead atoms. The van der Waals surface area contributed by atoms with Crippen LogP contribution >= 0.6 is 11.3 Å². The van der Waals surface area contributed by atoms with E-state index in [0.29, 0.717) is 0 Å². The number of hydrogen-bond donors (Lipinski definition) is 0. The first-order valence-corrected chi connectivity index (χ1v) is 16.3. The number of fused-ring (bicyclic) bond motifs is 4. The van der Waals surface area contributed by atoms with E-state index in [1.165, 1.54) is 96.6 Å². The van der Waals surface area contributed by atoms with Gasteiger partial charge in [0, 0.05) is 20.2 Å². The summed E-state index contributed by atoms with van der Waals surface area (Å²) in [6, 6.07) is 58.5. The van der Waals surface area contributed by atoms with Crippen molar-refractivity contribution in [3.63, 3.8) is 0 Å². The first kappa shape index (κ1) is 24.9. The van der Waals surface area contributed by atoms with E-state index in [0.717, 1.165) is 0 Å². The highest BCUT2D eigenvalue weighted by Gasteiger charge is 2.13. The third-order valence-corrected chi connectivity index (χ3v) is 10.7. The zero-order valence-corrected chi connectivity index (χ0v) is 25.2. The van der Waals surface area contributed by atoms with Crippen LogP contribution in [-0.2, 0) is 0 Å². The first-order chi connectivity index (χ1) is 22.3. The summed E-state index contributed by atoms with van der Waals surface area (Å²) in [7, 11) is 0. The predicted molar refractivity (Wildman–Crippen MR) is 197 cm³/mol. The molecule has 0 amide bonds. The topological polar surface area (TPSA) is 0 Å². The summed E-state index contributed by atoms with van der Waals surface area (Å²) in [6.45, 7) is 0. The van der Waals surface area contributed by atoms with Crippen molar-refractivity contribution in [1.82, 2.24) is 0 Å². The molecular formula is C44H26S. The molecule has 0 radical (unpaired) electrons. The molecule has 1 heteroatoms.